The number of benzene rings is 3. The van der Waals surface area contributed by atoms with Gasteiger partial charge in [0.05, 0.1) is 0 Å². The van der Waals surface area contributed by atoms with Gasteiger partial charge >= 0.3 is 18.4 Å². The van der Waals surface area contributed by atoms with E-state index in [0.29, 0.717) is 0 Å². The number of aliphatic carboxylic acids is 1. The first-order valence-electron chi connectivity index (χ1n) is 10.5. The lowest BCUT2D eigenvalue weighted by molar-refractivity contribution is -0.274. The molecule has 3 aromatic carbocycles. The van der Waals surface area contributed by atoms with E-state index in [0.717, 1.165) is 40.5 Å². The summed E-state index contributed by atoms with van der Waals surface area (Å²) >= 11 is 0. The SMILES string of the molecule is O=C(NC(Cc1cc(OC(F)(F)F)ccc1F)C(=O)O)OCC1c2ccccc2-c2ccccc21. The minimum absolute atomic E-state index is 0.0739. The second-order valence-corrected chi connectivity index (χ2v) is 7.87. The Bertz CT molecular complexity index is 1220. The summed E-state index contributed by atoms with van der Waals surface area (Å²) in [7, 11) is 0. The smallest absolute Gasteiger partial charge is 0.480 e. The van der Waals surface area contributed by atoms with Crippen LogP contribution < -0.4 is 10.1 Å². The molecule has 0 heterocycles. The first kappa shape index (κ1) is 24.1. The molecule has 182 valence electrons. The average Bonchev–Trinajstić information content (AvgIpc) is 3.12. The van der Waals surface area contributed by atoms with E-state index in [9.17, 15) is 32.3 Å². The highest BCUT2D eigenvalue weighted by atomic mass is 19.4. The molecule has 0 saturated heterocycles. The summed E-state index contributed by atoms with van der Waals surface area (Å²) in [5.74, 6) is -3.43. The molecule has 1 unspecified atom stereocenters. The molecule has 10 heteroatoms. The first-order chi connectivity index (χ1) is 16.6. The quantitative estimate of drug-likeness (QED) is 0.443. The van der Waals surface area contributed by atoms with Crippen LogP contribution in [0.4, 0.5) is 22.4 Å². The number of nitrogens with one attached hydrogen (secondary N) is 1. The number of rotatable bonds is 7. The van der Waals surface area contributed by atoms with Crippen molar-refractivity contribution in [3.63, 3.8) is 0 Å². The van der Waals surface area contributed by atoms with Crippen molar-refractivity contribution < 1.29 is 41.7 Å². The molecule has 35 heavy (non-hydrogen) atoms. The Balaban J connectivity index is 1.44. The molecule has 1 aliphatic rings. The van der Waals surface area contributed by atoms with Crippen molar-refractivity contribution in [1.82, 2.24) is 5.32 Å². The summed E-state index contributed by atoms with van der Waals surface area (Å²) in [4.78, 5) is 24.1. The zero-order valence-corrected chi connectivity index (χ0v) is 18.0. The molecular formula is C25H19F4NO5. The van der Waals surface area contributed by atoms with Gasteiger partial charge in [-0.1, -0.05) is 48.5 Å². The van der Waals surface area contributed by atoms with Gasteiger partial charge in [0, 0.05) is 12.3 Å². The molecule has 3 aromatic rings. The van der Waals surface area contributed by atoms with Gasteiger partial charge in [-0.2, -0.15) is 0 Å². The number of alkyl halides is 3. The molecule has 0 bridgehead atoms. The molecule has 4 rings (SSSR count). The predicted molar refractivity (Wildman–Crippen MR) is 116 cm³/mol. The zero-order chi connectivity index (χ0) is 25.2. The van der Waals surface area contributed by atoms with E-state index >= 15 is 0 Å². The largest absolute Gasteiger partial charge is 0.573 e. The fourth-order valence-electron chi connectivity index (χ4n) is 4.11. The van der Waals surface area contributed by atoms with Gasteiger partial charge in [0.25, 0.3) is 0 Å². The molecule has 0 spiro atoms. The Kier molecular flexibility index (Phi) is 6.63. The van der Waals surface area contributed by atoms with Crippen molar-refractivity contribution in [2.45, 2.75) is 24.7 Å². The second-order valence-electron chi connectivity index (χ2n) is 7.87. The molecule has 0 saturated carbocycles. The van der Waals surface area contributed by atoms with Crippen LogP contribution in [0.2, 0.25) is 0 Å². The van der Waals surface area contributed by atoms with Crippen molar-refractivity contribution in [2.75, 3.05) is 6.61 Å². The van der Waals surface area contributed by atoms with E-state index in [-0.39, 0.29) is 18.1 Å². The van der Waals surface area contributed by atoms with Gasteiger partial charge in [-0.3, -0.25) is 0 Å². The fourth-order valence-corrected chi connectivity index (χ4v) is 4.11. The van der Waals surface area contributed by atoms with Crippen molar-refractivity contribution in [2.24, 2.45) is 0 Å². The summed E-state index contributed by atoms with van der Waals surface area (Å²) in [6.07, 6.45) is -6.68. The van der Waals surface area contributed by atoms with Gasteiger partial charge < -0.3 is 19.9 Å². The van der Waals surface area contributed by atoms with Gasteiger partial charge in [0.15, 0.2) is 0 Å². The van der Waals surface area contributed by atoms with E-state index < -0.39 is 42.5 Å². The lowest BCUT2D eigenvalue weighted by Crippen LogP contribution is -2.43. The number of carboxylic acids is 1. The third-order valence-electron chi connectivity index (χ3n) is 5.61. The third kappa shape index (κ3) is 5.53. The Morgan fingerprint density at radius 3 is 2.14 bits per heavy atom. The lowest BCUT2D eigenvalue weighted by atomic mass is 9.98. The number of hydrogen-bond acceptors (Lipinski definition) is 4. The van der Waals surface area contributed by atoms with Crippen molar-refractivity contribution in [1.29, 1.82) is 0 Å². The van der Waals surface area contributed by atoms with E-state index in [1.807, 2.05) is 48.5 Å². The van der Waals surface area contributed by atoms with Crippen molar-refractivity contribution in [3.05, 3.63) is 89.2 Å². The molecule has 1 aliphatic carbocycles. The number of alkyl carbamates (subject to hydrolysis) is 1. The average molecular weight is 489 g/mol. The molecular weight excluding hydrogens is 470 g/mol. The summed E-state index contributed by atoms with van der Waals surface area (Å²) in [6, 6.07) is 15.9. The Hall–Kier alpha value is -4.08. The monoisotopic (exact) mass is 489 g/mol. The number of carbonyl (C=O) groups excluding carboxylic acids is 1. The Labute approximate surface area is 197 Å². The van der Waals surface area contributed by atoms with Crippen LogP contribution in [0.3, 0.4) is 0 Å². The van der Waals surface area contributed by atoms with Gasteiger partial charge in [-0.05, 0) is 46.0 Å². The number of carbonyl (C=O) groups is 2. The highest BCUT2D eigenvalue weighted by Crippen LogP contribution is 2.44. The molecule has 0 fully saturated rings. The second kappa shape index (κ2) is 9.65. The van der Waals surface area contributed by atoms with Crippen LogP contribution in [0.1, 0.15) is 22.6 Å². The highest BCUT2D eigenvalue weighted by molar-refractivity contribution is 5.81. The van der Waals surface area contributed by atoms with Crippen LogP contribution in [0.5, 0.6) is 5.75 Å². The topological polar surface area (TPSA) is 84.9 Å². The summed E-state index contributed by atoms with van der Waals surface area (Å²) in [5.41, 5.74) is 3.56. The highest BCUT2D eigenvalue weighted by Gasteiger charge is 2.32. The molecule has 0 aliphatic heterocycles. The molecule has 1 atom stereocenters. The summed E-state index contributed by atoms with van der Waals surface area (Å²) < 4.78 is 60.5. The van der Waals surface area contributed by atoms with Crippen molar-refractivity contribution in [3.8, 4) is 16.9 Å². The van der Waals surface area contributed by atoms with Crippen LogP contribution in [-0.4, -0.2) is 36.2 Å². The number of halogens is 4. The predicted octanol–water partition coefficient (Wildman–Crippen LogP) is 5.26. The molecule has 1 amide bonds. The molecule has 0 radical (unpaired) electrons. The van der Waals surface area contributed by atoms with Gasteiger partial charge in [0.1, 0.15) is 24.2 Å². The van der Waals surface area contributed by atoms with E-state index in [2.05, 4.69) is 10.1 Å². The lowest BCUT2D eigenvalue weighted by Gasteiger charge is -2.18. The number of hydrogen-bond donors (Lipinski definition) is 2. The standard InChI is InChI=1S/C25H19F4NO5/c26-21-10-9-15(35-25(27,28)29)11-14(21)12-22(23(31)32)30-24(33)34-13-20-18-7-3-1-5-16(18)17-6-2-4-8-19(17)20/h1-11,20,22H,12-13H2,(H,30,33)(H,31,32). The molecule has 0 aromatic heterocycles. The van der Waals surface area contributed by atoms with Crippen LogP contribution >= 0.6 is 0 Å². The Morgan fingerprint density at radius 1 is 0.971 bits per heavy atom. The molecule has 6 nitrogen and oxygen atoms in total. The number of ether oxygens (including phenoxy) is 2. The van der Waals surface area contributed by atoms with Crippen LogP contribution in [0.25, 0.3) is 11.1 Å². The molecule has 2 N–H and O–H groups in total. The maximum Gasteiger partial charge on any atom is 0.573 e. The summed E-state index contributed by atoms with van der Waals surface area (Å²) in [5, 5.41) is 11.6. The maximum absolute atomic E-state index is 14.1. The van der Waals surface area contributed by atoms with Crippen LogP contribution in [-0.2, 0) is 16.0 Å². The fraction of sp³-hybridized carbons (Fsp3) is 0.200. The van der Waals surface area contributed by atoms with Gasteiger partial charge in [-0.25, -0.2) is 14.0 Å². The minimum atomic E-state index is -5.00. The number of fused-ring (bicyclic) bond motifs is 3. The maximum atomic E-state index is 14.1. The van der Waals surface area contributed by atoms with E-state index in [1.54, 1.807) is 0 Å². The van der Waals surface area contributed by atoms with E-state index in [1.165, 1.54) is 0 Å². The van der Waals surface area contributed by atoms with Crippen LogP contribution in [0, 0.1) is 5.82 Å². The third-order valence-corrected chi connectivity index (χ3v) is 5.61. The zero-order valence-electron chi connectivity index (χ0n) is 18.0. The number of carboxylic acid groups (broad SMARTS) is 1. The van der Waals surface area contributed by atoms with Crippen LogP contribution in [0.15, 0.2) is 66.7 Å². The Morgan fingerprint density at radius 2 is 1.57 bits per heavy atom. The van der Waals surface area contributed by atoms with Crippen molar-refractivity contribution >= 4 is 12.1 Å². The van der Waals surface area contributed by atoms with Gasteiger partial charge in [0.2, 0.25) is 0 Å². The summed E-state index contributed by atoms with van der Waals surface area (Å²) in [6.45, 7) is -0.0739. The normalized spacial score (nSPS) is 13.5. The van der Waals surface area contributed by atoms with E-state index in [4.69, 9.17) is 4.74 Å². The number of amides is 1. The van der Waals surface area contributed by atoms with Gasteiger partial charge in [-0.15, -0.1) is 13.2 Å². The minimum Gasteiger partial charge on any atom is -0.480 e. The first-order valence-corrected chi connectivity index (χ1v) is 10.5.